The highest BCUT2D eigenvalue weighted by molar-refractivity contribution is 7.20. The van der Waals surface area contributed by atoms with E-state index < -0.39 is 0 Å². The molecule has 1 atom stereocenters. The molecule has 0 bridgehead atoms. The van der Waals surface area contributed by atoms with Gasteiger partial charge in [-0.3, -0.25) is 9.59 Å². The molecule has 4 aromatic rings. The summed E-state index contributed by atoms with van der Waals surface area (Å²) in [7, 11) is 0. The topological polar surface area (TPSA) is 49.4 Å². The Labute approximate surface area is 195 Å². The lowest BCUT2D eigenvalue weighted by atomic mass is 9.98. The molecule has 0 fully saturated rings. The van der Waals surface area contributed by atoms with Crippen LogP contribution in [-0.2, 0) is 6.54 Å². The maximum Gasteiger partial charge on any atom is 0.261 e. The molecule has 0 radical (unpaired) electrons. The predicted octanol–water partition coefficient (Wildman–Crippen LogP) is 5.72. The number of carbonyl (C=O) groups is 2. The van der Waals surface area contributed by atoms with E-state index in [1.54, 1.807) is 0 Å². The summed E-state index contributed by atoms with van der Waals surface area (Å²) in [5, 5.41) is 4.62. The molecule has 1 N–H and O–H groups in total. The minimum absolute atomic E-state index is 0.0172. The number of thiophene rings is 1. The Kier molecular flexibility index (Phi) is 5.68. The van der Waals surface area contributed by atoms with Gasteiger partial charge < -0.3 is 10.2 Å². The summed E-state index contributed by atoms with van der Waals surface area (Å²) in [6.07, 6.45) is 0. The summed E-state index contributed by atoms with van der Waals surface area (Å²) in [4.78, 5) is 28.3. The van der Waals surface area contributed by atoms with Crippen molar-refractivity contribution < 1.29 is 9.59 Å². The van der Waals surface area contributed by atoms with Gasteiger partial charge in [0.05, 0.1) is 4.88 Å². The standard InChI is InChI=1S/C26H21ClN2O2S/c27-22-11-6-12-23-21(22)13-24(32-23)25(30)28-14-19(17-7-2-1-3-8-17)16-29-15-18-9-4-5-10-20(18)26(29)31/h1-13,19H,14-16H2,(H,28,30). The summed E-state index contributed by atoms with van der Waals surface area (Å²) < 4.78 is 0.989. The molecule has 3 aromatic carbocycles. The zero-order chi connectivity index (χ0) is 22.1. The number of carbonyl (C=O) groups excluding carboxylic acids is 2. The maximum absolute atomic E-state index is 12.9. The van der Waals surface area contributed by atoms with Crippen molar-refractivity contribution in [1.82, 2.24) is 10.2 Å². The summed E-state index contributed by atoms with van der Waals surface area (Å²) >= 11 is 7.70. The van der Waals surface area contributed by atoms with E-state index in [-0.39, 0.29) is 17.7 Å². The molecule has 0 aliphatic carbocycles. The van der Waals surface area contributed by atoms with Crippen molar-refractivity contribution in [2.75, 3.05) is 13.1 Å². The van der Waals surface area contributed by atoms with Crippen LogP contribution in [0.3, 0.4) is 0 Å². The lowest BCUT2D eigenvalue weighted by molar-refractivity contribution is 0.0767. The van der Waals surface area contributed by atoms with Crippen LogP contribution in [0.25, 0.3) is 10.1 Å². The first-order chi connectivity index (χ1) is 15.6. The monoisotopic (exact) mass is 460 g/mol. The molecule has 5 rings (SSSR count). The van der Waals surface area contributed by atoms with E-state index >= 15 is 0 Å². The summed E-state index contributed by atoms with van der Waals surface area (Å²) in [5.41, 5.74) is 2.91. The van der Waals surface area contributed by atoms with Crippen molar-refractivity contribution in [2.45, 2.75) is 12.5 Å². The van der Waals surface area contributed by atoms with Gasteiger partial charge in [0.25, 0.3) is 11.8 Å². The third-order valence-electron chi connectivity index (χ3n) is 5.85. The molecular formula is C26H21ClN2O2S. The second-order valence-electron chi connectivity index (χ2n) is 7.92. The molecule has 160 valence electrons. The first-order valence-electron chi connectivity index (χ1n) is 10.5. The molecule has 32 heavy (non-hydrogen) atoms. The first-order valence-corrected chi connectivity index (χ1v) is 11.7. The Hall–Kier alpha value is -3.15. The molecule has 0 saturated carbocycles. The van der Waals surface area contributed by atoms with Gasteiger partial charge in [0, 0.05) is 46.2 Å². The molecule has 1 aromatic heterocycles. The zero-order valence-electron chi connectivity index (χ0n) is 17.3. The normalized spacial score (nSPS) is 13.9. The molecule has 1 aliphatic heterocycles. The number of rotatable bonds is 6. The van der Waals surface area contributed by atoms with Gasteiger partial charge in [0.2, 0.25) is 0 Å². The Bertz CT molecular complexity index is 1300. The van der Waals surface area contributed by atoms with E-state index in [1.165, 1.54) is 11.3 Å². The Morgan fingerprint density at radius 1 is 1.03 bits per heavy atom. The summed E-state index contributed by atoms with van der Waals surface area (Å²) in [5.74, 6) is -0.0948. The van der Waals surface area contributed by atoms with Crippen LogP contribution in [0.1, 0.15) is 37.1 Å². The van der Waals surface area contributed by atoms with E-state index in [9.17, 15) is 9.59 Å². The fraction of sp³-hybridized carbons (Fsp3) is 0.154. The lowest BCUT2D eigenvalue weighted by Crippen LogP contribution is -2.35. The maximum atomic E-state index is 12.9. The SMILES string of the molecule is O=C(NCC(CN1Cc2ccccc2C1=O)c1ccccc1)c1cc2c(Cl)cccc2s1. The van der Waals surface area contributed by atoms with Gasteiger partial charge in [0.1, 0.15) is 0 Å². The molecule has 2 heterocycles. The van der Waals surface area contributed by atoms with Crippen LogP contribution in [0.5, 0.6) is 0 Å². The third kappa shape index (κ3) is 4.01. The van der Waals surface area contributed by atoms with Crippen LogP contribution in [0, 0.1) is 0 Å². The summed E-state index contributed by atoms with van der Waals surface area (Å²) in [6.45, 7) is 1.57. The van der Waals surface area contributed by atoms with Gasteiger partial charge in [-0.15, -0.1) is 11.3 Å². The molecule has 1 aliphatic rings. The molecule has 0 saturated heterocycles. The fourth-order valence-corrected chi connectivity index (χ4v) is 5.47. The van der Waals surface area contributed by atoms with Gasteiger partial charge in [-0.05, 0) is 35.4 Å². The molecule has 0 spiro atoms. The van der Waals surface area contributed by atoms with Crippen molar-refractivity contribution in [1.29, 1.82) is 0 Å². The van der Waals surface area contributed by atoms with E-state index in [0.29, 0.717) is 29.5 Å². The zero-order valence-corrected chi connectivity index (χ0v) is 18.8. The van der Waals surface area contributed by atoms with Crippen molar-refractivity contribution in [3.05, 3.63) is 105 Å². The quantitative estimate of drug-likeness (QED) is 0.399. The van der Waals surface area contributed by atoms with E-state index in [4.69, 9.17) is 11.6 Å². The highest BCUT2D eigenvalue weighted by atomic mass is 35.5. The van der Waals surface area contributed by atoms with Gasteiger partial charge in [-0.1, -0.05) is 66.2 Å². The van der Waals surface area contributed by atoms with Gasteiger partial charge in [-0.25, -0.2) is 0 Å². The van der Waals surface area contributed by atoms with Crippen molar-refractivity contribution in [3.63, 3.8) is 0 Å². The smallest absolute Gasteiger partial charge is 0.261 e. The Morgan fingerprint density at radius 3 is 2.59 bits per heavy atom. The number of hydrogen-bond donors (Lipinski definition) is 1. The van der Waals surface area contributed by atoms with Crippen molar-refractivity contribution in [3.8, 4) is 0 Å². The Morgan fingerprint density at radius 2 is 1.81 bits per heavy atom. The second kappa shape index (κ2) is 8.77. The second-order valence-corrected chi connectivity index (χ2v) is 9.41. The van der Waals surface area contributed by atoms with Crippen LogP contribution in [0.15, 0.2) is 78.9 Å². The lowest BCUT2D eigenvalue weighted by Gasteiger charge is -2.24. The van der Waals surface area contributed by atoms with Gasteiger partial charge in [0.15, 0.2) is 0 Å². The van der Waals surface area contributed by atoms with Crippen LogP contribution in [0.2, 0.25) is 5.02 Å². The molecular weight excluding hydrogens is 440 g/mol. The van der Waals surface area contributed by atoms with Crippen molar-refractivity contribution in [2.24, 2.45) is 0 Å². The Balaban J connectivity index is 1.33. The summed E-state index contributed by atoms with van der Waals surface area (Å²) in [6, 6.07) is 25.3. The minimum Gasteiger partial charge on any atom is -0.351 e. The molecule has 1 unspecified atom stereocenters. The third-order valence-corrected chi connectivity index (χ3v) is 7.28. The number of benzene rings is 3. The highest BCUT2D eigenvalue weighted by Crippen LogP contribution is 2.31. The van der Waals surface area contributed by atoms with Gasteiger partial charge >= 0.3 is 0 Å². The number of amides is 2. The average Bonchev–Trinajstić information content (AvgIpc) is 3.40. The fourth-order valence-electron chi connectivity index (χ4n) is 4.18. The van der Waals surface area contributed by atoms with Gasteiger partial charge in [-0.2, -0.15) is 0 Å². The number of nitrogens with zero attached hydrogens (tertiary/aromatic N) is 1. The van der Waals surface area contributed by atoms with Crippen LogP contribution >= 0.6 is 22.9 Å². The molecule has 4 nitrogen and oxygen atoms in total. The van der Waals surface area contributed by atoms with Crippen molar-refractivity contribution >= 4 is 44.8 Å². The van der Waals surface area contributed by atoms with E-state index in [1.807, 2.05) is 83.8 Å². The van der Waals surface area contributed by atoms with Crippen LogP contribution in [-0.4, -0.2) is 29.8 Å². The number of hydrogen-bond acceptors (Lipinski definition) is 3. The van der Waals surface area contributed by atoms with Crippen LogP contribution < -0.4 is 5.32 Å². The first kappa shape index (κ1) is 20.7. The van der Waals surface area contributed by atoms with E-state index in [0.717, 1.165) is 26.8 Å². The highest BCUT2D eigenvalue weighted by Gasteiger charge is 2.29. The van der Waals surface area contributed by atoms with E-state index in [2.05, 4.69) is 5.32 Å². The van der Waals surface area contributed by atoms with Crippen LogP contribution in [0.4, 0.5) is 0 Å². The largest absolute Gasteiger partial charge is 0.351 e. The number of halogens is 1. The predicted molar refractivity (Wildman–Crippen MR) is 130 cm³/mol. The number of nitrogens with one attached hydrogen (secondary N) is 1. The molecule has 6 heteroatoms. The minimum atomic E-state index is -0.126. The molecule has 2 amide bonds. The average molecular weight is 461 g/mol. The number of fused-ring (bicyclic) bond motifs is 2.